The van der Waals surface area contributed by atoms with Gasteiger partial charge < -0.3 is 5.11 Å². The molecule has 1 heterocycles. The van der Waals surface area contributed by atoms with Gasteiger partial charge in [-0.05, 0) is 12.1 Å². The zero-order chi connectivity index (χ0) is 10.3. The van der Waals surface area contributed by atoms with Crippen molar-refractivity contribution < 1.29 is 9.90 Å². The number of carboxylic acids is 1. The monoisotopic (exact) mass is 210 g/mol. The Morgan fingerprint density at radius 3 is 2.93 bits per heavy atom. The summed E-state index contributed by atoms with van der Waals surface area (Å²) in [6.45, 7) is 0. The average Bonchev–Trinajstić information content (AvgIpc) is 2.46. The molecule has 0 saturated carbocycles. The third-order valence-corrected chi connectivity index (χ3v) is 2.38. The van der Waals surface area contributed by atoms with Crippen molar-refractivity contribution in [3.05, 3.63) is 28.9 Å². The van der Waals surface area contributed by atoms with Gasteiger partial charge >= 0.3 is 5.97 Å². The van der Waals surface area contributed by atoms with E-state index in [0.29, 0.717) is 0 Å². The fourth-order valence-corrected chi connectivity index (χ4v) is 1.58. The molecule has 0 saturated heterocycles. The van der Waals surface area contributed by atoms with Crippen molar-refractivity contribution in [1.82, 2.24) is 9.78 Å². The van der Waals surface area contributed by atoms with Gasteiger partial charge in [0.25, 0.3) is 0 Å². The predicted molar refractivity (Wildman–Crippen MR) is 52.7 cm³/mol. The van der Waals surface area contributed by atoms with Crippen LogP contribution in [0.1, 0.15) is 10.4 Å². The summed E-state index contributed by atoms with van der Waals surface area (Å²) in [7, 11) is 1.78. The third kappa shape index (κ3) is 1.24. The summed E-state index contributed by atoms with van der Waals surface area (Å²) in [4.78, 5) is 10.8. The van der Waals surface area contributed by atoms with Crippen LogP contribution < -0.4 is 0 Å². The molecule has 1 N–H and O–H groups in total. The first-order valence-electron chi connectivity index (χ1n) is 3.94. The lowest BCUT2D eigenvalue weighted by molar-refractivity contribution is 0.0697. The van der Waals surface area contributed by atoms with Crippen LogP contribution in [0.4, 0.5) is 0 Å². The molecule has 5 heteroatoms. The topological polar surface area (TPSA) is 55.1 Å². The van der Waals surface area contributed by atoms with Crippen molar-refractivity contribution in [2.24, 2.45) is 7.05 Å². The Hall–Kier alpha value is -1.55. The van der Waals surface area contributed by atoms with Gasteiger partial charge in [0.2, 0.25) is 0 Å². The number of rotatable bonds is 1. The number of aryl methyl sites for hydroxylation is 1. The van der Waals surface area contributed by atoms with Gasteiger partial charge in [-0.2, -0.15) is 5.10 Å². The molecule has 0 atom stereocenters. The molecule has 0 radical (unpaired) electrons. The van der Waals surface area contributed by atoms with Crippen LogP contribution in [-0.4, -0.2) is 20.9 Å². The molecular weight excluding hydrogens is 204 g/mol. The molecule has 0 fully saturated rings. The number of carboxylic acid groups (broad SMARTS) is 1. The average molecular weight is 211 g/mol. The summed E-state index contributed by atoms with van der Waals surface area (Å²) in [5.74, 6) is -1.03. The van der Waals surface area contributed by atoms with Gasteiger partial charge in [-0.3, -0.25) is 4.68 Å². The summed E-state index contributed by atoms with van der Waals surface area (Å²) in [6, 6.07) is 3.13. The van der Waals surface area contributed by atoms with E-state index in [1.807, 2.05) is 0 Å². The minimum Gasteiger partial charge on any atom is -0.478 e. The Morgan fingerprint density at radius 1 is 1.57 bits per heavy atom. The number of aromatic carboxylic acids is 1. The summed E-state index contributed by atoms with van der Waals surface area (Å²) < 4.78 is 1.65. The minimum absolute atomic E-state index is 0.104. The summed E-state index contributed by atoms with van der Waals surface area (Å²) in [5, 5.41) is 13.8. The quantitative estimate of drug-likeness (QED) is 0.783. The van der Waals surface area contributed by atoms with E-state index in [1.54, 1.807) is 24.0 Å². The van der Waals surface area contributed by atoms with Crippen LogP contribution in [0, 0.1) is 0 Å². The van der Waals surface area contributed by atoms with Crippen LogP contribution in [0.5, 0.6) is 0 Å². The fraction of sp³-hybridized carbons (Fsp3) is 0.111. The van der Waals surface area contributed by atoms with Crippen molar-refractivity contribution in [2.75, 3.05) is 0 Å². The van der Waals surface area contributed by atoms with E-state index in [0.717, 1.165) is 10.9 Å². The first kappa shape index (κ1) is 9.02. The van der Waals surface area contributed by atoms with Crippen LogP contribution >= 0.6 is 11.6 Å². The van der Waals surface area contributed by atoms with Crippen LogP contribution in [0.2, 0.25) is 5.02 Å². The maximum atomic E-state index is 10.8. The highest BCUT2D eigenvalue weighted by atomic mass is 35.5. The lowest BCUT2D eigenvalue weighted by Crippen LogP contribution is -1.97. The summed E-state index contributed by atoms with van der Waals surface area (Å²) in [6.07, 6.45) is 1.61. The Morgan fingerprint density at radius 2 is 2.29 bits per heavy atom. The fourth-order valence-electron chi connectivity index (χ4n) is 1.34. The van der Waals surface area contributed by atoms with E-state index in [-0.39, 0.29) is 10.6 Å². The van der Waals surface area contributed by atoms with Crippen molar-refractivity contribution in [2.45, 2.75) is 0 Å². The SMILES string of the molecule is Cn1ncc2cc(C(=O)O)c(Cl)cc21. The molecule has 14 heavy (non-hydrogen) atoms. The number of aromatic nitrogens is 2. The van der Waals surface area contributed by atoms with Crippen molar-refractivity contribution in [3.63, 3.8) is 0 Å². The van der Waals surface area contributed by atoms with E-state index in [1.165, 1.54) is 6.07 Å². The maximum Gasteiger partial charge on any atom is 0.337 e. The van der Waals surface area contributed by atoms with Gasteiger partial charge in [-0.25, -0.2) is 4.79 Å². The largest absolute Gasteiger partial charge is 0.478 e. The molecule has 2 rings (SSSR count). The Balaban J connectivity index is 2.79. The molecule has 0 unspecified atom stereocenters. The second-order valence-electron chi connectivity index (χ2n) is 2.96. The lowest BCUT2D eigenvalue weighted by Gasteiger charge is -1.99. The van der Waals surface area contributed by atoms with Gasteiger partial charge in [0.15, 0.2) is 0 Å². The van der Waals surface area contributed by atoms with Gasteiger partial charge in [0, 0.05) is 12.4 Å². The second-order valence-corrected chi connectivity index (χ2v) is 3.37. The van der Waals surface area contributed by atoms with Crippen LogP contribution in [0.3, 0.4) is 0 Å². The number of hydrogen-bond donors (Lipinski definition) is 1. The van der Waals surface area contributed by atoms with Crippen molar-refractivity contribution >= 4 is 28.5 Å². The molecule has 0 aliphatic rings. The molecule has 0 aliphatic carbocycles. The Labute approximate surface area is 84.7 Å². The molecule has 1 aromatic carbocycles. The van der Waals surface area contributed by atoms with Gasteiger partial charge in [0.1, 0.15) is 0 Å². The number of halogens is 1. The molecule has 0 bridgehead atoms. The first-order chi connectivity index (χ1) is 6.59. The zero-order valence-electron chi connectivity index (χ0n) is 7.36. The molecule has 4 nitrogen and oxygen atoms in total. The van der Waals surface area contributed by atoms with E-state index in [4.69, 9.17) is 16.7 Å². The number of carbonyl (C=O) groups is 1. The highest BCUT2D eigenvalue weighted by Crippen LogP contribution is 2.23. The number of nitrogens with zero attached hydrogens (tertiary/aromatic N) is 2. The molecule has 0 aliphatic heterocycles. The first-order valence-corrected chi connectivity index (χ1v) is 4.32. The lowest BCUT2D eigenvalue weighted by atomic mass is 10.1. The van der Waals surface area contributed by atoms with Crippen LogP contribution in [0.25, 0.3) is 10.9 Å². The molecule has 0 spiro atoms. The molecule has 2 aromatic rings. The minimum atomic E-state index is -1.03. The van der Waals surface area contributed by atoms with E-state index in [9.17, 15) is 4.79 Å². The zero-order valence-corrected chi connectivity index (χ0v) is 8.12. The number of hydrogen-bond acceptors (Lipinski definition) is 2. The van der Waals surface area contributed by atoms with Crippen LogP contribution in [-0.2, 0) is 7.05 Å². The smallest absolute Gasteiger partial charge is 0.337 e. The van der Waals surface area contributed by atoms with E-state index < -0.39 is 5.97 Å². The maximum absolute atomic E-state index is 10.8. The van der Waals surface area contributed by atoms with Gasteiger partial charge in [-0.15, -0.1) is 0 Å². The Kier molecular flexibility index (Phi) is 1.93. The standard InChI is InChI=1S/C9H7ClN2O2/c1-12-8-3-7(10)6(9(13)14)2-5(8)4-11-12/h2-4H,1H3,(H,13,14). The third-order valence-electron chi connectivity index (χ3n) is 2.07. The molecule has 1 aromatic heterocycles. The number of fused-ring (bicyclic) bond motifs is 1. The normalized spacial score (nSPS) is 10.7. The summed E-state index contributed by atoms with van der Waals surface area (Å²) in [5.41, 5.74) is 0.923. The second kappa shape index (κ2) is 2.99. The molecular formula is C9H7ClN2O2. The van der Waals surface area contributed by atoms with Crippen molar-refractivity contribution in [3.8, 4) is 0 Å². The van der Waals surface area contributed by atoms with E-state index in [2.05, 4.69) is 5.10 Å². The Bertz CT molecular complexity index is 519. The van der Waals surface area contributed by atoms with Gasteiger partial charge in [-0.1, -0.05) is 11.6 Å². The highest BCUT2D eigenvalue weighted by Gasteiger charge is 2.11. The van der Waals surface area contributed by atoms with E-state index >= 15 is 0 Å². The number of benzene rings is 1. The van der Waals surface area contributed by atoms with Gasteiger partial charge in [0.05, 0.1) is 22.3 Å². The summed E-state index contributed by atoms with van der Waals surface area (Å²) >= 11 is 5.81. The predicted octanol–water partition coefficient (Wildman–Crippen LogP) is 1.92. The highest BCUT2D eigenvalue weighted by molar-refractivity contribution is 6.34. The van der Waals surface area contributed by atoms with Crippen molar-refractivity contribution in [1.29, 1.82) is 0 Å². The van der Waals surface area contributed by atoms with Crippen LogP contribution in [0.15, 0.2) is 18.3 Å². The molecule has 72 valence electrons. The molecule has 0 amide bonds.